The van der Waals surface area contributed by atoms with E-state index in [0.717, 1.165) is 22.0 Å². The van der Waals surface area contributed by atoms with Gasteiger partial charge in [-0.1, -0.05) is 29.8 Å². The molecular formula is C12H11ClN2. The highest BCUT2D eigenvalue weighted by molar-refractivity contribution is 6.33. The van der Waals surface area contributed by atoms with Crippen molar-refractivity contribution in [2.45, 2.75) is 0 Å². The molecule has 0 saturated carbocycles. The van der Waals surface area contributed by atoms with Crippen LogP contribution < -0.4 is 5.32 Å². The topological polar surface area (TPSA) is 24.9 Å². The summed E-state index contributed by atoms with van der Waals surface area (Å²) in [5.74, 6) is 0. The summed E-state index contributed by atoms with van der Waals surface area (Å²) in [7, 11) is 1.88. The van der Waals surface area contributed by atoms with Gasteiger partial charge in [0.05, 0.1) is 5.69 Å². The van der Waals surface area contributed by atoms with Gasteiger partial charge in [-0.15, -0.1) is 0 Å². The minimum atomic E-state index is 0.721. The molecule has 1 aromatic heterocycles. The summed E-state index contributed by atoms with van der Waals surface area (Å²) in [6, 6.07) is 11.6. The van der Waals surface area contributed by atoms with Gasteiger partial charge in [0.1, 0.15) is 0 Å². The number of benzene rings is 1. The van der Waals surface area contributed by atoms with Gasteiger partial charge in [-0.25, -0.2) is 0 Å². The molecule has 1 N–H and O–H groups in total. The number of hydrogen-bond donors (Lipinski definition) is 1. The molecule has 0 aliphatic heterocycles. The molecule has 76 valence electrons. The molecule has 0 fully saturated rings. The lowest BCUT2D eigenvalue weighted by atomic mass is 10.1. The molecule has 1 heterocycles. The average molecular weight is 219 g/mol. The molecule has 0 atom stereocenters. The van der Waals surface area contributed by atoms with Gasteiger partial charge in [0.25, 0.3) is 0 Å². The average Bonchev–Trinajstić information content (AvgIpc) is 2.30. The molecule has 1 aromatic carbocycles. The summed E-state index contributed by atoms with van der Waals surface area (Å²) >= 11 is 6.09. The first kappa shape index (κ1) is 9.99. The standard InChI is InChI=1S/C12H11ClN2/c1-14-9-6-7-15-12(8-9)10-4-2-3-5-11(10)13/h2-8H,1H3,(H,14,15). The molecule has 2 nitrogen and oxygen atoms in total. The van der Waals surface area contributed by atoms with Crippen LogP contribution in [0.15, 0.2) is 42.6 Å². The molecule has 2 rings (SSSR count). The van der Waals surface area contributed by atoms with Gasteiger partial charge in [0.2, 0.25) is 0 Å². The number of pyridine rings is 1. The van der Waals surface area contributed by atoms with E-state index < -0.39 is 0 Å². The summed E-state index contributed by atoms with van der Waals surface area (Å²) in [5.41, 5.74) is 2.86. The number of aromatic nitrogens is 1. The molecule has 0 unspecified atom stereocenters. The van der Waals surface area contributed by atoms with E-state index in [9.17, 15) is 0 Å². The Balaban J connectivity index is 2.49. The normalized spacial score (nSPS) is 10.0. The van der Waals surface area contributed by atoms with E-state index in [1.54, 1.807) is 6.20 Å². The van der Waals surface area contributed by atoms with Crippen molar-refractivity contribution in [3.8, 4) is 11.3 Å². The van der Waals surface area contributed by atoms with Crippen LogP contribution in [0.1, 0.15) is 0 Å². The van der Waals surface area contributed by atoms with E-state index in [-0.39, 0.29) is 0 Å². The van der Waals surface area contributed by atoms with Gasteiger partial charge in [-0.05, 0) is 18.2 Å². The van der Waals surface area contributed by atoms with E-state index in [0.29, 0.717) is 0 Å². The maximum absolute atomic E-state index is 6.09. The van der Waals surface area contributed by atoms with Crippen LogP contribution in [0.5, 0.6) is 0 Å². The van der Waals surface area contributed by atoms with Crippen LogP contribution in [0.2, 0.25) is 5.02 Å². The fourth-order valence-corrected chi connectivity index (χ4v) is 1.63. The summed E-state index contributed by atoms with van der Waals surface area (Å²) in [4.78, 5) is 4.29. The van der Waals surface area contributed by atoms with Crippen LogP contribution in [0.4, 0.5) is 5.69 Å². The second-order valence-corrected chi connectivity index (χ2v) is 3.57. The lowest BCUT2D eigenvalue weighted by Crippen LogP contribution is -1.90. The van der Waals surface area contributed by atoms with Crippen molar-refractivity contribution in [2.75, 3.05) is 12.4 Å². The second kappa shape index (κ2) is 4.32. The van der Waals surface area contributed by atoms with Gasteiger partial charge in [0.15, 0.2) is 0 Å². The van der Waals surface area contributed by atoms with E-state index in [4.69, 9.17) is 11.6 Å². The number of rotatable bonds is 2. The Morgan fingerprint density at radius 3 is 2.73 bits per heavy atom. The smallest absolute Gasteiger partial charge is 0.0737 e. The Labute approximate surface area is 93.9 Å². The van der Waals surface area contributed by atoms with Gasteiger partial charge in [0, 0.05) is 29.5 Å². The highest BCUT2D eigenvalue weighted by Gasteiger charge is 2.03. The maximum atomic E-state index is 6.09. The third-order valence-corrected chi connectivity index (χ3v) is 2.53. The molecule has 2 aromatic rings. The van der Waals surface area contributed by atoms with E-state index >= 15 is 0 Å². The summed E-state index contributed by atoms with van der Waals surface area (Å²) < 4.78 is 0. The minimum absolute atomic E-state index is 0.721. The van der Waals surface area contributed by atoms with Crippen LogP contribution in [0.25, 0.3) is 11.3 Å². The molecule has 15 heavy (non-hydrogen) atoms. The highest BCUT2D eigenvalue weighted by Crippen LogP contribution is 2.26. The number of nitrogens with one attached hydrogen (secondary N) is 1. The fourth-order valence-electron chi connectivity index (χ4n) is 1.40. The van der Waals surface area contributed by atoms with Gasteiger partial charge < -0.3 is 5.32 Å². The van der Waals surface area contributed by atoms with Crippen molar-refractivity contribution >= 4 is 17.3 Å². The zero-order valence-corrected chi connectivity index (χ0v) is 9.12. The molecule has 0 aliphatic carbocycles. The Kier molecular flexibility index (Phi) is 2.88. The molecule has 3 heteroatoms. The van der Waals surface area contributed by atoms with E-state index in [2.05, 4.69) is 10.3 Å². The van der Waals surface area contributed by atoms with E-state index in [1.807, 2.05) is 43.4 Å². The van der Waals surface area contributed by atoms with Crippen molar-refractivity contribution < 1.29 is 0 Å². The lowest BCUT2D eigenvalue weighted by molar-refractivity contribution is 1.31. The predicted molar refractivity (Wildman–Crippen MR) is 64.2 cm³/mol. The van der Waals surface area contributed by atoms with Crippen LogP contribution in [0.3, 0.4) is 0 Å². The summed E-state index contributed by atoms with van der Waals surface area (Å²) in [5, 5.41) is 3.79. The number of nitrogens with zero attached hydrogens (tertiary/aromatic N) is 1. The van der Waals surface area contributed by atoms with Crippen LogP contribution >= 0.6 is 11.6 Å². The van der Waals surface area contributed by atoms with Gasteiger partial charge in [-0.2, -0.15) is 0 Å². The largest absolute Gasteiger partial charge is 0.388 e. The summed E-state index contributed by atoms with van der Waals surface area (Å²) in [6.07, 6.45) is 1.77. The fraction of sp³-hybridized carbons (Fsp3) is 0.0833. The molecule has 0 radical (unpaired) electrons. The summed E-state index contributed by atoms with van der Waals surface area (Å²) in [6.45, 7) is 0. The number of anilines is 1. The van der Waals surface area contributed by atoms with Gasteiger partial charge in [-0.3, -0.25) is 4.98 Å². The highest BCUT2D eigenvalue weighted by atomic mass is 35.5. The Morgan fingerprint density at radius 2 is 2.00 bits per heavy atom. The van der Waals surface area contributed by atoms with Crippen molar-refractivity contribution in [3.05, 3.63) is 47.6 Å². The first-order chi connectivity index (χ1) is 7.31. The minimum Gasteiger partial charge on any atom is -0.388 e. The maximum Gasteiger partial charge on any atom is 0.0737 e. The SMILES string of the molecule is CNc1ccnc(-c2ccccc2Cl)c1. The predicted octanol–water partition coefficient (Wildman–Crippen LogP) is 3.44. The first-order valence-electron chi connectivity index (χ1n) is 4.70. The molecule has 0 amide bonds. The molecule has 0 spiro atoms. The van der Waals surface area contributed by atoms with Crippen molar-refractivity contribution in [1.29, 1.82) is 0 Å². The molecular weight excluding hydrogens is 208 g/mol. The van der Waals surface area contributed by atoms with E-state index in [1.165, 1.54) is 0 Å². The lowest BCUT2D eigenvalue weighted by Gasteiger charge is -2.05. The Bertz CT molecular complexity index is 469. The zero-order valence-electron chi connectivity index (χ0n) is 8.37. The number of halogens is 1. The van der Waals surface area contributed by atoms with Gasteiger partial charge >= 0.3 is 0 Å². The third-order valence-electron chi connectivity index (χ3n) is 2.20. The van der Waals surface area contributed by atoms with Crippen molar-refractivity contribution in [1.82, 2.24) is 4.98 Å². The Morgan fingerprint density at radius 1 is 1.20 bits per heavy atom. The van der Waals surface area contributed by atoms with Crippen LogP contribution in [-0.2, 0) is 0 Å². The van der Waals surface area contributed by atoms with Crippen molar-refractivity contribution in [3.63, 3.8) is 0 Å². The first-order valence-corrected chi connectivity index (χ1v) is 5.08. The van der Waals surface area contributed by atoms with Crippen LogP contribution in [0, 0.1) is 0 Å². The molecule has 0 saturated heterocycles. The number of hydrogen-bond acceptors (Lipinski definition) is 2. The molecule has 0 bridgehead atoms. The molecule has 0 aliphatic rings. The second-order valence-electron chi connectivity index (χ2n) is 3.16. The third kappa shape index (κ3) is 2.10. The quantitative estimate of drug-likeness (QED) is 0.835. The van der Waals surface area contributed by atoms with Crippen LogP contribution in [-0.4, -0.2) is 12.0 Å². The Hall–Kier alpha value is -1.54. The van der Waals surface area contributed by atoms with Crippen molar-refractivity contribution in [2.24, 2.45) is 0 Å². The monoisotopic (exact) mass is 218 g/mol. The zero-order chi connectivity index (χ0) is 10.7.